The van der Waals surface area contributed by atoms with Crippen LogP contribution in [0.2, 0.25) is 0 Å². The number of aromatic hydroxyl groups is 2. The van der Waals surface area contributed by atoms with E-state index < -0.39 is 23.0 Å². The van der Waals surface area contributed by atoms with E-state index in [1.807, 2.05) is 0 Å². The summed E-state index contributed by atoms with van der Waals surface area (Å²) in [5.74, 6) is -1.73. The second kappa shape index (κ2) is 7.48. The topological polar surface area (TPSA) is 118 Å². The number of carboxylic acids is 1. The highest BCUT2D eigenvalue weighted by atomic mass is 32.2. The van der Waals surface area contributed by atoms with Crippen molar-refractivity contribution >= 4 is 28.6 Å². The van der Waals surface area contributed by atoms with Crippen LogP contribution in [0.25, 0.3) is 11.1 Å². The summed E-state index contributed by atoms with van der Waals surface area (Å²) in [6.07, 6.45) is 0. The largest absolute Gasteiger partial charge is 0.508 e. The Kier molecular flexibility index (Phi) is 5.11. The first-order valence-corrected chi connectivity index (χ1v) is 8.80. The molecule has 138 valence electrons. The molecule has 0 amide bonds. The van der Waals surface area contributed by atoms with Crippen LogP contribution in [-0.4, -0.2) is 30.1 Å². The number of carboxylic acid groups (broad SMARTS) is 1. The van der Waals surface area contributed by atoms with E-state index in [2.05, 4.69) is 0 Å². The van der Waals surface area contributed by atoms with Gasteiger partial charge < -0.3 is 15.3 Å². The molecule has 0 fully saturated rings. The van der Waals surface area contributed by atoms with Gasteiger partial charge in [-0.25, -0.2) is 13.3 Å². The average Bonchev–Trinajstić information content (AvgIpc) is 2.61. The molecule has 0 aromatic heterocycles. The van der Waals surface area contributed by atoms with Gasteiger partial charge in [0, 0.05) is 6.07 Å². The van der Waals surface area contributed by atoms with E-state index in [4.69, 9.17) is 5.11 Å². The molecule has 3 rings (SSSR count). The molecule has 4 N–H and O–H groups in total. The summed E-state index contributed by atoms with van der Waals surface area (Å²) < 4.78 is 22.7. The minimum Gasteiger partial charge on any atom is -0.508 e. The average molecular weight is 385 g/mol. The number of hydrogen-bond donors (Lipinski definition) is 4. The molecule has 7 nitrogen and oxygen atoms in total. The Bertz CT molecular complexity index is 1040. The molecule has 0 heterocycles. The van der Waals surface area contributed by atoms with E-state index in [1.54, 1.807) is 42.5 Å². The third-order valence-electron chi connectivity index (χ3n) is 3.86. The zero-order valence-electron chi connectivity index (χ0n) is 13.8. The van der Waals surface area contributed by atoms with E-state index in [9.17, 15) is 23.8 Å². The molecule has 0 bridgehead atoms. The second-order valence-electron chi connectivity index (χ2n) is 5.63. The fraction of sp³-hybridized carbons (Fsp3) is 0. The fourth-order valence-corrected chi connectivity index (χ4v) is 3.24. The van der Waals surface area contributed by atoms with Gasteiger partial charge in [0.2, 0.25) is 0 Å². The minimum atomic E-state index is -2.47. The number of carbonyl (C=O) groups is 1. The smallest absolute Gasteiger partial charge is 0.339 e. The Balaban J connectivity index is 2.06. The maximum absolute atomic E-state index is 11.9. The van der Waals surface area contributed by atoms with Crippen LogP contribution in [0.5, 0.6) is 11.5 Å². The van der Waals surface area contributed by atoms with Gasteiger partial charge in [-0.1, -0.05) is 24.3 Å². The number of hydrogen-bond acceptors (Lipinski definition) is 4. The van der Waals surface area contributed by atoms with Crippen molar-refractivity contribution in [3.63, 3.8) is 0 Å². The summed E-state index contributed by atoms with van der Waals surface area (Å²) in [6.45, 7) is 0. The second-order valence-corrected chi connectivity index (χ2v) is 6.46. The number of benzene rings is 3. The molecular weight excluding hydrogens is 370 g/mol. The normalized spacial score (nSPS) is 11.7. The zero-order chi connectivity index (χ0) is 19.6. The maximum Gasteiger partial charge on any atom is 0.339 e. The van der Waals surface area contributed by atoms with Crippen molar-refractivity contribution < 1.29 is 28.9 Å². The summed E-state index contributed by atoms with van der Waals surface area (Å²) in [5.41, 5.74) is 1.59. The van der Waals surface area contributed by atoms with Crippen molar-refractivity contribution in [2.24, 2.45) is 0 Å². The zero-order valence-corrected chi connectivity index (χ0v) is 14.6. The highest BCUT2D eigenvalue weighted by Gasteiger charge is 2.19. The van der Waals surface area contributed by atoms with Gasteiger partial charge in [0.25, 0.3) is 11.3 Å². The molecule has 0 aliphatic heterocycles. The molecule has 0 aliphatic carbocycles. The van der Waals surface area contributed by atoms with Crippen molar-refractivity contribution in [3.05, 3.63) is 72.3 Å². The summed E-state index contributed by atoms with van der Waals surface area (Å²) in [6, 6.07) is 16.9. The van der Waals surface area contributed by atoms with E-state index in [-0.39, 0.29) is 17.0 Å². The van der Waals surface area contributed by atoms with Crippen LogP contribution in [0.3, 0.4) is 0 Å². The first-order chi connectivity index (χ1) is 12.9. The molecule has 8 heteroatoms. The lowest BCUT2D eigenvalue weighted by molar-refractivity contribution is 0.0693. The van der Waals surface area contributed by atoms with Gasteiger partial charge >= 0.3 is 5.97 Å². The van der Waals surface area contributed by atoms with Crippen molar-refractivity contribution in [2.45, 2.75) is 0 Å². The minimum absolute atomic E-state index is 0.0923. The monoisotopic (exact) mass is 385 g/mol. The van der Waals surface area contributed by atoms with Crippen LogP contribution in [0.4, 0.5) is 11.4 Å². The van der Waals surface area contributed by atoms with E-state index in [0.29, 0.717) is 16.8 Å². The molecule has 0 spiro atoms. The molecular formula is C19H15NO6S. The highest BCUT2D eigenvalue weighted by Crippen LogP contribution is 2.34. The SMILES string of the molecule is O=C(O)c1ccc(N(c2cccc(-c3cccc(O)c3)c2)S(=O)O)cc1O. The fourth-order valence-electron chi connectivity index (χ4n) is 2.65. The molecule has 27 heavy (non-hydrogen) atoms. The van der Waals surface area contributed by atoms with E-state index >= 15 is 0 Å². The summed E-state index contributed by atoms with van der Waals surface area (Å²) >= 11 is -2.47. The summed E-state index contributed by atoms with van der Waals surface area (Å²) in [4.78, 5) is 11.0. The molecule has 1 unspecified atom stereocenters. The lowest BCUT2D eigenvalue weighted by Crippen LogP contribution is -2.19. The Morgan fingerprint density at radius 1 is 0.852 bits per heavy atom. The number of anilines is 2. The number of rotatable bonds is 5. The van der Waals surface area contributed by atoms with Crippen LogP contribution >= 0.6 is 0 Å². The van der Waals surface area contributed by atoms with Crippen molar-refractivity contribution in [3.8, 4) is 22.6 Å². The van der Waals surface area contributed by atoms with Crippen LogP contribution in [-0.2, 0) is 11.3 Å². The Morgan fingerprint density at radius 3 is 2.07 bits per heavy atom. The molecule has 1 atom stereocenters. The number of nitrogens with zero attached hydrogens (tertiary/aromatic N) is 1. The molecule has 3 aromatic rings. The molecule has 3 aromatic carbocycles. The Hall–Kier alpha value is -3.36. The first kappa shape index (κ1) is 18.4. The van der Waals surface area contributed by atoms with Crippen molar-refractivity contribution in [1.29, 1.82) is 0 Å². The molecule has 0 aliphatic rings. The Morgan fingerprint density at radius 2 is 1.48 bits per heavy atom. The predicted molar refractivity (Wildman–Crippen MR) is 102 cm³/mol. The third kappa shape index (κ3) is 3.91. The van der Waals surface area contributed by atoms with E-state index in [1.165, 1.54) is 12.1 Å². The van der Waals surface area contributed by atoms with Crippen LogP contribution in [0.15, 0.2) is 66.7 Å². The van der Waals surface area contributed by atoms with Gasteiger partial charge in [0.15, 0.2) is 0 Å². The standard InChI is InChI=1S/C19H15NO6S/c21-16-6-2-4-13(10-16)12-3-1-5-14(9-12)20(27(25)26)15-7-8-17(19(23)24)18(22)11-15/h1-11,21-22H,(H,23,24)(H,25,26). The molecule has 0 saturated carbocycles. The van der Waals surface area contributed by atoms with Gasteiger partial charge in [-0.05, 0) is 47.5 Å². The van der Waals surface area contributed by atoms with Crippen molar-refractivity contribution in [1.82, 2.24) is 0 Å². The van der Waals surface area contributed by atoms with Gasteiger partial charge in [-0.2, -0.15) is 0 Å². The number of phenolic OH excluding ortho intramolecular Hbond substituents is 1. The van der Waals surface area contributed by atoms with Gasteiger partial charge in [0.1, 0.15) is 17.1 Å². The molecule has 0 saturated heterocycles. The lowest BCUT2D eigenvalue weighted by Gasteiger charge is -2.21. The van der Waals surface area contributed by atoms with Gasteiger partial charge in [0.05, 0.1) is 11.4 Å². The number of aromatic carboxylic acids is 1. The van der Waals surface area contributed by atoms with Crippen molar-refractivity contribution in [2.75, 3.05) is 4.31 Å². The summed E-state index contributed by atoms with van der Waals surface area (Å²) in [7, 11) is 0. The molecule has 0 radical (unpaired) electrons. The predicted octanol–water partition coefficient (Wildman–Crippen LogP) is 3.74. The van der Waals surface area contributed by atoms with Crippen LogP contribution < -0.4 is 4.31 Å². The lowest BCUT2D eigenvalue weighted by atomic mass is 10.0. The summed E-state index contributed by atoms with van der Waals surface area (Å²) in [5, 5.41) is 28.5. The quantitative estimate of drug-likeness (QED) is 0.497. The van der Waals surface area contributed by atoms with Gasteiger partial charge in [-0.15, -0.1) is 0 Å². The van der Waals surface area contributed by atoms with Crippen LogP contribution in [0.1, 0.15) is 10.4 Å². The van der Waals surface area contributed by atoms with E-state index in [0.717, 1.165) is 16.4 Å². The highest BCUT2D eigenvalue weighted by molar-refractivity contribution is 7.81. The number of phenols is 2. The van der Waals surface area contributed by atoms with Crippen LogP contribution in [0, 0.1) is 0 Å². The van der Waals surface area contributed by atoms with Gasteiger partial charge in [-0.3, -0.25) is 4.55 Å². The maximum atomic E-state index is 11.9. The Labute approximate surface area is 157 Å². The first-order valence-electron chi connectivity index (χ1n) is 7.73. The third-order valence-corrected chi connectivity index (χ3v) is 4.60.